The molecule has 1 aliphatic rings. The predicted octanol–water partition coefficient (Wildman–Crippen LogP) is 2.76. The van der Waals surface area contributed by atoms with Crippen LogP contribution in [0.3, 0.4) is 0 Å². The molecule has 0 radical (unpaired) electrons. The first-order chi connectivity index (χ1) is 10.2. The smallest absolute Gasteiger partial charge is 0.0964 e. The molecule has 0 aliphatic heterocycles. The summed E-state index contributed by atoms with van der Waals surface area (Å²) < 4.78 is 7.88. The zero-order valence-corrected chi connectivity index (χ0v) is 13.6. The number of hydrogen-bond acceptors (Lipinski definition) is 4. The van der Waals surface area contributed by atoms with Gasteiger partial charge in [0, 0.05) is 12.7 Å². The van der Waals surface area contributed by atoms with Crippen LogP contribution in [0.15, 0.2) is 6.20 Å². The quantitative estimate of drug-likeness (QED) is 0.749. The second kappa shape index (κ2) is 9.15. The van der Waals surface area contributed by atoms with Gasteiger partial charge in [-0.1, -0.05) is 44.7 Å². The Morgan fingerprint density at radius 2 is 2.05 bits per heavy atom. The highest BCUT2D eigenvalue weighted by atomic mass is 16.5. The summed E-state index contributed by atoms with van der Waals surface area (Å²) >= 11 is 0. The van der Waals surface area contributed by atoms with E-state index in [1.54, 1.807) is 0 Å². The summed E-state index contributed by atoms with van der Waals surface area (Å²) in [6, 6.07) is 0. The van der Waals surface area contributed by atoms with E-state index in [1.807, 2.05) is 10.9 Å². The molecule has 0 atom stereocenters. The van der Waals surface area contributed by atoms with Crippen LogP contribution in [0.5, 0.6) is 0 Å². The fourth-order valence-corrected chi connectivity index (χ4v) is 2.74. The molecule has 21 heavy (non-hydrogen) atoms. The zero-order valence-electron chi connectivity index (χ0n) is 13.6. The van der Waals surface area contributed by atoms with E-state index in [0.29, 0.717) is 12.0 Å². The fraction of sp³-hybridized carbons (Fsp3) is 0.875. The molecule has 1 aliphatic carbocycles. The van der Waals surface area contributed by atoms with Gasteiger partial charge in [0.1, 0.15) is 0 Å². The summed E-state index contributed by atoms with van der Waals surface area (Å²) in [5.41, 5.74) is 1.00. The Morgan fingerprint density at radius 1 is 1.29 bits per heavy atom. The second-order valence-corrected chi connectivity index (χ2v) is 6.48. The SMILES string of the molecule is CC(C)CNCc1cn(CCOC2CCCCCC2)nn1. The molecule has 0 bridgehead atoms. The highest BCUT2D eigenvalue weighted by Gasteiger charge is 2.12. The van der Waals surface area contributed by atoms with Gasteiger partial charge in [0.05, 0.1) is 24.9 Å². The highest BCUT2D eigenvalue weighted by molar-refractivity contribution is 4.91. The maximum absolute atomic E-state index is 5.98. The molecule has 5 nitrogen and oxygen atoms in total. The van der Waals surface area contributed by atoms with Gasteiger partial charge in [-0.25, -0.2) is 4.68 Å². The van der Waals surface area contributed by atoms with Crippen molar-refractivity contribution in [2.24, 2.45) is 5.92 Å². The van der Waals surface area contributed by atoms with Crippen LogP contribution >= 0.6 is 0 Å². The molecule has 1 N–H and O–H groups in total. The molecule has 1 aromatic heterocycles. The topological polar surface area (TPSA) is 52.0 Å². The van der Waals surface area contributed by atoms with Gasteiger partial charge in [0.25, 0.3) is 0 Å². The average Bonchev–Trinajstić information content (AvgIpc) is 2.73. The lowest BCUT2D eigenvalue weighted by Crippen LogP contribution is -2.19. The van der Waals surface area contributed by atoms with Gasteiger partial charge in [0.2, 0.25) is 0 Å². The first-order valence-electron chi connectivity index (χ1n) is 8.45. The van der Waals surface area contributed by atoms with Crippen LogP contribution in [-0.4, -0.2) is 34.2 Å². The average molecular weight is 294 g/mol. The lowest BCUT2D eigenvalue weighted by atomic mass is 10.1. The Bertz CT molecular complexity index is 383. The van der Waals surface area contributed by atoms with E-state index in [4.69, 9.17) is 4.74 Å². The number of nitrogens with zero attached hydrogens (tertiary/aromatic N) is 3. The first kappa shape index (κ1) is 16.4. The molecule has 0 unspecified atom stereocenters. The molecule has 1 heterocycles. The molecule has 0 spiro atoms. The van der Waals surface area contributed by atoms with E-state index in [1.165, 1.54) is 38.5 Å². The fourth-order valence-electron chi connectivity index (χ4n) is 2.74. The Morgan fingerprint density at radius 3 is 2.76 bits per heavy atom. The largest absolute Gasteiger partial charge is 0.376 e. The third kappa shape index (κ3) is 6.57. The van der Waals surface area contributed by atoms with Crippen LogP contribution in [0.2, 0.25) is 0 Å². The van der Waals surface area contributed by atoms with Gasteiger partial charge in [-0.2, -0.15) is 0 Å². The number of hydrogen-bond donors (Lipinski definition) is 1. The summed E-state index contributed by atoms with van der Waals surface area (Å²) in [6.45, 7) is 7.75. The minimum absolute atomic E-state index is 0.461. The molecule has 1 aromatic rings. The van der Waals surface area contributed by atoms with Gasteiger partial charge in [0.15, 0.2) is 0 Å². The van der Waals surface area contributed by atoms with Gasteiger partial charge in [-0.15, -0.1) is 5.10 Å². The van der Waals surface area contributed by atoms with Crippen molar-refractivity contribution in [2.75, 3.05) is 13.2 Å². The van der Waals surface area contributed by atoms with Crippen molar-refractivity contribution >= 4 is 0 Å². The second-order valence-electron chi connectivity index (χ2n) is 6.48. The van der Waals surface area contributed by atoms with Crippen molar-refractivity contribution in [3.8, 4) is 0 Å². The predicted molar refractivity (Wildman–Crippen MR) is 84.0 cm³/mol. The monoisotopic (exact) mass is 294 g/mol. The molecule has 1 fully saturated rings. The minimum Gasteiger partial charge on any atom is -0.376 e. The van der Waals surface area contributed by atoms with Crippen molar-refractivity contribution in [1.29, 1.82) is 0 Å². The third-order valence-corrected chi connectivity index (χ3v) is 3.92. The number of aromatic nitrogens is 3. The van der Waals surface area contributed by atoms with Crippen molar-refractivity contribution < 1.29 is 4.74 Å². The van der Waals surface area contributed by atoms with Gasteiger partial charge in [-0.3, -0.25) is 0 Å². The molecule has 120 valence electrons. The van der Waals surface area contributed by atoms with E-state index >= 15 is 0 Å². The van der Waals surface area contributed by atoms with E-state index in [0.717, 1.165) is 31.9 Å². The van der Waals surface area contributed by atoms with Gasteiger partial charge >= 0.3 is 0 Å². The molecular weight excluding hydrogens is 264 g/mol. The van der Waals surface area contributed by atoms with E-state index in [9.17, 15) is 0 Å². The van der Waals surface area contributed by atoms with E-state index < -0.39 is 0 Å². The summed E-state index contributed by atoms with van der Waals surface area (Å²) in [5, 5.41) is 11.7. The maximum atomic E-state index is 5.98. The van der Waals surface area contributed by atoms with Gasteiger partial charge < -0.3 is 10.1 Å². The lowest BCUT2D eigenvalue weighted by Gasteiger charge is -2.14. The highest BCUT2D eigenvalue weighted by Crippen LogP contribution is 2.19. The van der Waals surface area contributed by atoms with Gasteiger partial charge in [-0.05, 0) is 25.3 Å². The molecule has 1 saturated carbocycles. The van der Waals surface area contributed by atoms with Crippen molar-refractivity contribution in [3.63, 3.8) is 0 Å². The molecular formula is C16H30N4O. The maximum Gasteiger partial charge on any atom is 0.0964 e. The van der Waals surface area contributed by atoms with Crippen LogP contribution in [0.4, 0.5) is 0 Å². The summed E-state index contributed by atoms with van der Waals surface area (Å²) in [4.78, 5) is 0. The Balaban J connectivity index is 1.63. The van der Waals surface area contributed by atoms with Crippen LogP contribution in [0, 0.1) is 5.92 Å². The lowest BCUT2D eigenvalue weighted by molar-refractivity contribution is 0.0367. The molecule has 0 aromatic carbocycles. The summed E-state index contributed by atoms with van der Waals surface area (Å²) in [7, 11) is 0. The normalized spacial score (nSPS) is 17.3. The number of ether oxygens (including phenoxy) is 1. The number of rotatable bonds is 8. The Hall–Kier alpha value is -0.940. The van der Waals surface area contributed by atoms with Crippen molar-refractivity contribution in [3.05, 3.63) is 11.9 Å². The van der Waals surface area contributed by atoms with Crippen molar-refractivity contribution in [1.82, 2.24) is 20.3 Å². The molecule has 0 amide bonds. The zero-order chi connectivity index (χ0) is 14.9. The van der Waals surface area contributed by atoms with Crippen molar-refractivity contribution in [2.45, 2.75) is 71.6 Å². The Kier molecular flexibility index (Phi) is 7.16. The number of nitrogens with one attached hydrogen (secondary N) is 1. The molecule has 0 saturated heterocycles. The van der Waals surface area contributed by atoms with E-state index in [-0.39, 0.29) is 0 Å². The Labute approximate surface area is 128 Å². The van der Waals surface area contributed by atoms with E-state index in [2.05, 4.69) is 29.5 Å². The van der Waals surface area contributed by atoms with Crippen LogP contribution in [0.1, 0.15) is 58.1 Å². The molecule has 2 rings (SSSR count). The minimum atomic E-state index is 0.461. The van der Waals surface area contributed by atoms with Crippen LogP contribution < -0.4 is 5.32 Å². The van der Waals surface area contributed by atoms with Crippen LogP contribution in [0.25, 0.3) is 0 Å². The first-order valence-corrected chi connectivity index (χ1v) is 8.45. The standard InChI is InChI=1S/C16H30N4O/c1-14(2)11-17-12-15-13-20(19-18-15)9-10-21-16-7-5-3-4-6-8-16/h13-14,16-17H,3-12H2,1-2H3. The molecule has 5 heteroatoms. The summed E-state index contributed by atoms with van der Waals surface area (Å²) in [5.74, 6) is 0.660. The third-order valence-electron chi connectivity index (χ3n) is 3.92. The van der Waals surface area contributed by atoms with Crippen LogP contribution in [-0.2, 0) is 17.8 Å². The summed E-state index contributed by atoms with van der Waals surface area (Å²) in [6.07, 6.45) is 10.3.